The first-order valence-electron chi connectivity index (χ1n) is 13.5. The molecule has 46 heavy (non-hydrogen) atoms. The monoisotopic (exact) mass is 666 g/mol. The van der Waals surface area contributed by atoms with Crippen LogP contribution in [0.3, 0.4) is 0 Å². The summed E-state index contributed by atoms with van der Waals surface area (Å²) >= 11 is 0. The molecular formula is C32H28Cl2N4O8. The highest BCUT2D eigenvalue weighted by molar-refractivity contribution is 5.75. The molecule has 238 valence electrons. The average Bonchev–Trinajstić information content (AvgIpc) is 3.44. The molecule has 0 bridgehead atoms. The lowest BCUT2D eigenvalue weighted by Gasteiger charge is -2.17. The summed E-state index contributed by atoms with van der Waals surface area (Å²) in [7, 11) is -9.89. The molecule has 0 saturated carbocycles. The molecule has 0 N–H and O–H groups in total. The van der Waals surface area contributed by atoms with Crippen LogP contribution in [0, 0.1) is 46.2 Å². The SMILES string of the molecule is Cc1n(-c2ccccc2)c2ccccc2[n+]1CC#CC[n+]1c(C)n(-c2ccccc2)c2ccccc21.[O-][Cl+3]([O-])([O-])[O-].[O-][Cl+3]([O-])([O-])[O-]. The molecule has 6 aromatic rings. The normalized spacial score (nSPS) is 11.3. The molecule has 2 aromatic heterocycles. The van der Waals surface area contributed by atoms with Crippen molar-refractivity contribution >= 4 is 22.1 Å². The molecule has 12 nitrogen and oxygen atoms in total. The molecular weight excluding hydrogens is 639 g/mol. The molecule has 14 heteroatoms. The van der Waals surface area contributed by atoms with Gasteiger partial charge in [0.15, 0.2) is 35.2 Å². The number of para-hydroxylation sites is 6. The van der Waals surface area contributed by atoms with Crippen LogP contribution in [0.1, 0.15) is 11.6 Å². The van der Waals surface area contributed by atoms with Gasteiger partial charge in [-0.2, -0.15) is 9.13 Å². The smallest absolute Gasteiger partial charge is 0.222 e. The Labute approximate surface area is 268 Å². The number of halogens is 2. The zero-order chi connectivity index (χ0) is 33.5. The fourth-order valence-electron chi connectivity index (χ4n) is 5.18. The molecule has 0 amide bonds. The lowest BCUT2D eigenvalue weighted by atomic mass is 10.3. The molecule has 0 unspecified atom stereocenters. The Kier molecular flexibility index (Phi) is 11.1. The van der Waals surface area contributed by atoms with E-state index in [2.05, 4.69) is 153 Å². The van der Waals surface area contributed by atoms with Gasteiger partial charge in [0.25, 0.3) is 11.6 Å². The van der Waals surface area contributed by atoms with E-state index in [9.17, 15) is 0 Å². The highest BCUT2D eigenvalue weighted by atomic mass is 35.7. The fraction of sp³-hybridized carbons (Fsp3) is 0.125. The Morgan fingerprint density at radius 3 is 1.09 bits per heavy atom. The highest BCUT2D eigenvalue weighted by Gasteiger charge is 2.23. The number of imidazole rings is 2. The van der Waals surface area contributed by atoms with Crippen molar-refractivity contribution in [1.29, 1.82) is 0 Å². The van der Waals surface area contributed by atoms with Crippen LogP contribution in [0.25, 0.3) is 33.4 Å². The Hall–Kier alpha value is -4.36. The summed E-state index contributed by atoms with van der Waals surface area (Å²) in [4.78, 5) is 0. The van der Waals surface area contributed by atoms with E-state index < -0.39 is 20.5 Å². The van der Waals surface area contributed by atoms with Crippen molar-refractivity contribution in [2.75, 3.05) is 0 Å². The third kappa shape index (κ3) is 9.10. The van der Waals surface area contributed by atoms with Gasteiger partial charge < -0.3 is 0 Å². The number of hydrogen-bond donors (Lipinski definition) is 0. The van der Waals surface area contributed by atoms with Gasteiger partial charge in [-0.05, 0) is 48.5 Å². The summed E-state index contributed by atoms with van der Waals surface area (Å²) in [6.45, 7) is 5.62. The lowest BCUT2D eigenvalue weighted by Crippen LogP contribution is -2.68. The summed E-state index contributed by atoms with van der Waals surface area (Å²) < 4.78 is 77.2. The van der Waals surface area contributed by atoms with E-state index in [0.29, 0.717) is 13.1 Å². The van der Waals surface area contributed by atoms with Crippen LogP contribution in [0.2, 0.25) is 0 Å². The van der Waals surface area contributed by atoms with E-state index in [0.717, 1.165) is 11.4 Å². The quantitative estimate of drug-likeness (QED) is 0.134. The molecule has 0 aliphatic heterocycles. The van der Waals surface area contributed by atoms with Crippen molar-refractivity contribution in [3.8, 4) is 23.2 Å². The first-order valence-corrected chi connectivity index (χ1v) is 16.0. The van der Waals surface area contributed by atoms with Gasteiger partial charge in [-0.1, -0.05) is 72.5 Å². The van der Waals surface area contributed by atoms with Gasteiger partial charge in [0.05, 0.1) is 0 Å². The van der Waals surface area contributed by atoms with E-state index in [1.54, 1.807) is 0 Å². The van der Waals surface area contributed by atoms with Gasteiger partial charge in [0.1, 0.15) is 11.4 Å². The molecule has 2 heterocycles. The number of hydrogen-bond acceptors (Lipinski definition) is 8. The largest absolute Gasteiger partial charge is 0.260 e. The Morgan fingerprint density at radius 1 is 0.478 bits per heavy atom. The number of aromatic nitrogens is 4. The van der Waals surface area contributed by atoms with Crippen molar-refractivity contribution in [3.63, 3.8) is 0 Å². The molecule has 0 saturated heterocycles. The second-order valence-corrected chi connectivity index (χ2v) is 11.2. The van der Waals surface area contributed by atoms with Crippen LogP contribution in [0.5, 0.6) is 0 Å². The van der Waals surface area contributed by atoms with Crippen molar-refractivity contribution < 1.29 is 66.9 Å². The first kappa shape index (κ1) is 34.5. The van der Waals surface area contributed by atoms with E-state index in [1.807, 2.05) is 0 Å². The fourth-order valence-corrected chi connectivity index (χ4v) is 5.18. The average molecular weight is 668 g/mol. The molecule has 0 spiro atoms. The standard InChI is InChI=1S/C32H28N4.2ClHO4/c1-25-33(29-19-9-11-21-31(29)35(25)27-15-5-3-6-16-27)23-13-14-24-34-26(2)36(28-17-7-4-8-18-28)32-22-12-10-20-30(32)34;2*2-1(3,4)5/h3-12,15-22H,23-24H2,1-2H3;2*(H,2,3,4,5)/q+2;;/p-2. The van der Waals surface area contributed by atoms with Crippen LogP contribution in [0.4, 0.5) is 0 Å². The molecule has 0 aliphatic rings. The van der Waals surface area contributed by atoms with E-state index >= 15 is 0 Å². The molecule has 0 radical (unpaired) electrons. The number of fused-ring (bicyclic) bond motifs is 2. The predicted octanol–water partition coefficient (Wildman–Crippen LogP) is -4.04. The molecule has 6 rings (SSSR count). The minimum absolute atomic E-state index is 0.642. The van der Waals surface area contributed by atoms with Gasteiger partial charge in [-0.25, -0.2) is 46.4 Å². The maximum Gasteiger partial charge on any atom is 0.260 e. The third-order valence-corrected chi connectivity index (χ3v) is 6.88. The second kappa shape index (κ2) is 14.8. The maximum atomic E-state index is 8.49. The van der Waals surface area contributed by atoms with Crippen molar-refractivity contribution in [1.82, 2.24) is 9.13 Å². The number of nitrogens with zero attached hydrogens (tertiary/aromatic N) is 4. The summed E-state index contributed by atoms with van der Waals surface area (Å²) in [5.74, 6) is 9.25. The van der Waals surface area contributed by atoms with E-state index in [4.69, 9.17) is 37.3 Å². The van der Waals surface area contributed by atoms with Crippen LogP contribution in [-0.2, 0) is 13.1 Å². The Morgan fingerprint density at radius 2 is 0.761 bits per heavy atom. The predicted molar refractivity (Wildman–Crippen MR) is 144 cm³/mol. The third-order valence-electron chi connectivity index (χ3n) is 6.88. The minimum atomic E-state index is -4.94. The minimum Gasteiger partial charge on any atom is -0.222 e. The van der Waals surface area contributed by atoms with E-state index in [-0.39, 0.29) is 0 Å². The molecule has 0 fully saturated rings. The van der Waals surface area contributed by atoms with Gasteiger partial charge in [0, 0.05) is 13.8 Å². The Bertz CT molecular complexity index is 1820. The molecule has 0 atom stereocenters. The second-order valence-electron chi connectivity index (χ2n) is 9.70. The number of benzene rings is 4. The lowest BCUT2D eigenvalue weighted by molar-refractivity contribution is -2.00. The zero-order valence-electron chi connectivity index (χ0n) is 24.6. The summed E-state index contributed by atoms with van der Waals surface area (Å²) in [5, 5.41) is 0. The van der Waals surface area contributed by atoms with Crippen molar-refractivity contribution in [2.45, 2.75) is 26.9 Å². The van der Waals surface area contributed by atoms with Gasteiger partial charge in [-0.3, -0.25) is 0 Å². The molecule has 0 aliphatic carbocycles. The van der Waals surface area contributed by atoms with Gasteiger partial charge in [-0.15, -0.1) is 20.5 Å². The van der Waals surface area contributed by atoms with Gasteiger partial charge in [0.2, 0.25) is 0 Å². The van der Waals surface area contributed by atoms with Crippen molar-refractivity contribution in [3.05, 3.63) is 121 Å². The first-order chi connectivity index (χ1) is 21.7. The van der Waals surface area contributed by atoms with Gasteiger partial charge >= 0.3 is 0 Å². The number of rotatable bonds is 4. The summed E-state index contributed by atoms with van der Waals surface area (Å²) in [6, 6.07) is 38.1. The van der Waals surface area contributed by atoms with Crippen molar-refractivity contribution in [2.24, 2.45) is 0 Å². The van der Waals surface area contributed by atoms with E-state index in [1.165, 1.54) is 33.7 Å². The van der Waals surface area contributed by atoms with Crippen LogP contribution < -0.4 is 46.4 Å². The highest BCUT2D eigenvalue weighted by Crippen LogP contribution is 2.21. The van der Waals surface area contributed by atoms with Crippen LogP contribution >= 0.6 is 0 Å². The Balaban J connectivity index is 0.000000421. The maximum absolute atomic E-state index is 8.49. The molecule has 4 aromatic carbocycles. The zero-order valence-corrected chi connectivity index (χ0v) is 26.1. The van der Waals surface area contributed by atoms with Crippen LogP contribution in [0.15, 0.2) is 109 Å². The summed E-state index contributed by atoms with van der Waals surface area (Å²) in [5.41, 5.74) is 7.10. The topological polar surface area (TPSA) is 202 Å². The van der Waals surface area contributed by atoms with Crippen LogP contribution in [-0.4, -0.2) is 9.13 Å². The summed E-state index contributed by atoms with van der Waals surface area (Å²) in [6.07, 6.45) is 0.